The molecule has 0 atom stereocenters. The molecule has 0 radical (unpaired) electrons. The van der Waals surface area contributed by atoms with E-state index in [1.807, 2.05) is 24.3 Å². The van der Waals surface area contributed by atoms with Crippen LogP contribution in [0.5, 0.6) is 11.5 Å². The zero-order chi connectivity index (χ0) is 23.9. The van der Waals surface area contributed by atoms with E-state index in [0.717, 1.165) is 30.1 Å². The first-order valence-corrected chi connectivity index (χ1v) is 11.1. The lowest BCUT2D eigenvalue weighted by atomic mass is 9.89. The van der Waals surface area contributed by atoms with Gasteiger partial charge in [-0.15, -0.1) is 0 Å². The van der Waals surface area contributed by atoms with Gasteiger partial charge in [-0.05, 0) is 41.8 Å². The van der Waals surface area contributed by atoms with Gasteiger partial charge in [-0.3, -0.25) is 0 Å². The van der Waals surface area contributed by atoms with Crippen LogP contribution in [0.1, 0.15) is 43.2 Å². The highest BCUT2D eigenvalue weighted by Crippen LogP contribution is 2.30. The van der Waals surface area contributed by atoms with Gasteiger partial charge in [0.25, 0.3) is 0 Å². The lowest BCUT2D eigenvalue weighted by molar-refractivity contribution is -0.138. The van der Waals surface area contributed by atoms with Crippen LogP contribution < -0.4 is 9.47 Å². The third-order valence-corrected chi connectivity index (χ3v) is 4.91. The molecule has 0 aliphatic heterocycles. The second-order valence-corrected chi connectivity index (χ2v) is 7.25. The zero-order valence-electron chi connectivity index (χ0n) is 19.2. The molecule has 0 fully saturated rings. The van der Waals surface area contributed by atoms with Crippen molar-refractivity contribution in [3.63, 3.8) is 0 Å². The molecule has 0 amide bonds. The molecule has 2 aromatic carbocycles. The molecule has 0 aromatic heterocycles. The van der Waals surface area contributed by atoms with Gasteiger partial charge in [-0.2, -0.15) is 0 Å². The molecule has 0 aliphatic rings. The van der Waals surface area contributed by atoms with Crippen molar-refractivity contribution in [1.82, 2.24) is 0 Å². The van der Waals surface area contributed by atoms with E-state index in [0.29, 0.717) is 39.3 Å². The third kappa shape index (κ3) is 9.23. The molecule has 0 N–H and O–H groups in total. The van der Waals surface area contributed by atoms with E-state index >= 15 is 0 Å². The molecule has 0 heterocycles. The number of ether oxygens (including phenoxy) is 4. The predicted molar refractivity (Wildman–Crippen MR) is 128 cm³/mol. The normalized spacial score (nSPS) is 10.4. The maximum absolute atomic E-state index is 11.0. The van der Waals surface area contributed by atoms with Crippen molar-refractivity contribution in [2.75, 3.05) is 26.4 Å². The first-order chi connectivity index (χ1) is 16.1. The Kier molecular flexibility index (Phi) is 11.3. The number of esters is 2. The molecule has 0 saturated heterocycles. The Morgan fingerprint density at radius 1 is 0.727 bits per heavy atom. The third-order valence-electron chi connectivity index (χ3n) is 4.91. The monoisotopic (exact) mass is 452 g/mol. The van der Waals surface area contributed by atoms with Crippen molar-refractivity contribution in [2.24, 2.45) is 0 Å². The number of benzene rings is 2. The topological polar surface area (TPSA) is 71.1 Å². The molecular formula is C27H32O6. The maximum Gasteiger partial charge on any atom is 0.330 e. The molecule has 0 bridgehead atoms. The Balaban J connectivity index is 1.81. The summed E-state index contributed by atoms with van der Waals surface area (Å²) in [6.07, 6.45) is 4.50. The summed E-state index contributed by atoms with van der Waals surface area (Å²) >= 11 is 0. The summed E-state index contributed by atoms with van der Waals surface area (Å²) in [5.41, 5.74) is 2.42. The molecule has 0 aliphatic carbocycles. The summed E-state index contributed by atoms with van der Waals surface area (Å²) in [5, 5.41) is 0. The number of rotatable bonds is 15. The molecular weight excluding hydrogens is 420 g/mol. The van der Waals surface area contributed by atoms with Crippen molar-refractivity contribution >= 4 is 11.9 Å². The minimum absolute atomic E-state index is 0.268. The van der Waals surface area contributed by atoms with Crippen LogP contribution in [0.15, 0.2) is 73.8 Å². The summed E-state index contributed by atoms with van der Waals surface area (Å²) in [7, 11) is 0. The largest absolute Gasteiger partial charge is 0.493 e. The van der Waals surface area contributed by atoms with E-state index in [1.54, 1.807) is 0 Å². The van der Waals surface area contributed by atoms with Crippen LogP contribution >= 0.6 is 0 Å². The first-order valence-electron chi connectivity index (χ1n) is 11.1. The van der Waals surface area contributed by atoms with E-state index in [1.165, 1.54) is 11.1 Å². The Morgan fingerprint density at radius 3 is 1.45 bits per heavy atom. The summed E-state index contributed by atoms with van der Waals surface area (Å²) in [5.74, 6) is 0.995. The molecule has 2 rings (SSSR count). The van der Waals surface area contributed by atoms with E-state index in [9.17, 15) is 9.59 Å². The van der Waals surface area contributed by atoms with E-state index in [-0.39, 0.29) is 5.92 Å². The molecule has 0 saturated carbocycles. The van der Waals surface area contributed by atoms with Gasteiger partial charge in [-0.25, -0.2) is 9.59 Å². The molecule has 6 heteroatoms. The quantitative estimate of drug-likeness (QED) is 0.209. The Labute approximate surface area is 195 Å². The van der Waals surface area contributed by atoms with Gasteiger partial charge in [-0.1, -0.05) is 44.3 Å². The van der Waals surface area contributed by atoms with Gasteiger partial charge in [0.1, 0.15) is 11.5 Å². The van der Waals surface area contributed by atoms with E-state index in [4.69, 9.17) is 18.9 Å². The van der Waals surface area contributed by atoms with Gasteiger partial charge in [0.05, 0.1) is 26.4 Å². The molecule has 6 nitrogen and oxygen atoms in total. The minimum atomic E-state index is -0.420. The summed E-state index contributed by atoms with van der Waals surface area (Å²) in [6, 6.07) is 16.2. The van der Waals surface area contributed by atoms with E-state index in [2.05, 4.69) is 44.3 Å². The minimum Gasteiger partial charge on any atom is -0.493 e. The van der Waals surface area contributed by atoms with Gasteiger partial charge in [0.15, 0.2) is 0 Å². The van der Waals surface area contributed by atoms with Crippen molar-refractivity contribution in [3.8, 4) is 11.5 Å². The van der Waals surface area contributed by atoms with Crippen molar-refractivity contribution < 1.29 is 28.5 Å². The number of carbonyl (C=O) groups is 2. The second kappa shape index (κ2) is 14.5. The van der Waals surface area contributed by atoms with E-state index < -0.39 is 11.9 Å². The van der Waals surface area contributed by atoms with Gasteiger partial charge in [0.2, 0.25) is 0 Å². The highest BCUT2D eigenvalue weighted by Gasteiger charge is 2.12. The molecule has 0 spiro atoms. The molecule has 33 heavy (non-hydrogen) atoms. The average Bonchev–Trinajstić information content (AvgIpc) is 2.85. The lowest BCUT2D eigenvalue weighted by Crippen LogP contribution is -2.07. The Morgan fingerprint density at radius 2 is 1.12 bits per heavy atom. The maximum atomic E-state index is 11.0. The van der Waals surface area contributed by atoms with Gasteiger partial charge >= 0.3 is 11.9 Å². The Bertz CT molecular complexity index is 812. The summed E-state index contributed by atoms with van der Waals surface area (Å²) in [6.45, 7) is 10.4. The summed E-state index contributed by atoms with van der Waals surface area (Å²) in [4.78, 5) is 22.0. The van der Waals surface area contributed by atoms with Crippen LogP contribution in [-0.4, -0.2) is 38.4 Å². The van der Waals surface area contributed by atoms with Crippen LogP contribution in [0.4, 0.5) is 0 Å². The summed E-state index contributed by atoms with van der Waals surface area (Å²) < 4.78 is 21.3. The fourth-order valence-electron chi connectivity index (χ4n) is 3.22. The standard InChI is InChI=1S/C27H32O6/c1-4-25(21-9-13-23(14-10-21)30-17-7-19-32-26(28)5-2)22-11-15-24(16-12-22)31-18-8-20-33-27(29)6-3/h5-6,9-16,25H,2-4,7-8,17-20H2,1H3. The number of carbonyl (C=O) groups excluding carboxylic acids is 2. The smallest absolute Gasteiger partial charge is 0.330 e. The number of hydrogen-bond acceptors (Lipinski definition) is 6. The van der Waals surface area contributed by atoms with Crippen molar-refractivity contribution in [1.29, 1.82) is 0 Å². The lowest BCUT2D eigenvalue weighted by Gasteiger charge is -2.17. The van der Waals surface area contributed by atoms with Crippen molar-refractivity contribution in [2.45, 2.75) is 32.1 Å². The van der Waals surface area contributed by atoms with Gasteiger partial charge < -0.3 is 18.9 Å². The molecule has 2 aromatic rings. The zero-order valence-corrected chi connectivity index (χ0v) is 19.2. The molecule has 176 valence electrons. The van der Waals surface area contributed by atoms with Crippen LogP contribution in [0.2, 0.25) is 0 Å². The fraction of sp³-hybridized carbons (Fsp3) is 0.333. The second-order valence-electron chi connectivity index (χ2n) is 7.25. The fourth-order valence-corrected chi connectivity index (χ4v) is 3.22. The SMILES string of the molecule is C=CC(=O)OCCCOc1ccc(C(CC)c2ccc(OCCCOC(=O)C=C)cc2)cc1. The number of hydrogen-bond donors (Lipinski definition) is 0. The Hall–Kier alpha value is -3.54. The van der Waals surface area contributed by atoms with Crippen LogP contribution in [-0.2, 0) is 19.1 Å². The predicted octanol–water partition coefficient (Wildman–Crippen LogP) is 5.22. The highest BCUT2D eigenvalue weighted by molar-refractivity contribution is 5.81. The first kappa shape index (κ1) is 25.7. The van der Waals surface area contributed by atoms with Crippen molar-refractivity contribution in [3.05, 3.63) is 85.0 Å². The molecule has 0 unspecified atom stereocenters. The van der Waals surface area contributed by atoms with Gasteiger partial charge in [0, 0.05) is 30.9 Å². The van der Waals surface area contributed by atoms with Crippen LogP contribution in [0.25, 0.3) is 0 Å². The average molecular weight is 453 g/mol. The van der Waals surface area contributed by atoms with Crippen LogP contribution in [0, 0.1) is 0 Å². The highest BCUT2D eigenvalue weighted by atomic mass is 16.5. The van der Waals surface area contributed by atoms with Crippen LogP contribution in [0.3, 0.4) is 0 Å².